The molecule has 0 heterocycles. The van der Waals surface area contributed by atoms with Gasteiger partial charge in [0.1, 0.15) is 0 Å². The van der Waals surface area contributed by atoms with Gasteiger partial charge in [0.15, 0.2) is 0 Å². The number of rotatable bonds is 7. The molecule has 2 heteroatoms. The summed E-state index contributed by atoms with van der Waals surface area (Å²) in [6, 6.07) is 2.85. The predicted octanol–water partition coefficient (Wildman–Crippen LogP) is 7.28. The van der Waals surface area contributed by atoms with Crippen molar-refractivity contribution in [3.8, 4) is 6.07 Å². The van der Waals surface area contributed by atoms with Gasteiger partial charge in [-0.25, -0.2) is 0 Å². The molecule has 154 valence electrons. The van der Waals surface area contributed by atoms with E-state index >= 15 is 0 Å². The summed E-state index contributed by atoms with van der Waals surface area (Å²) in [5.41, 5.74) is -0.00842. The van der Waals surface area contributed by atoms with E-state index in [0.717, 1.165) is 24.4 Å². The Balaban J connectivity index is 1.45. The standard InChI is InChI=1S/C25H43NO/c1-3-5-18-27-24-12-10-23(11-13-24)25(19-26)16-14-22(15-17-25)21-8-6-20(4-2)7-9-21/h20-24H,3-18H2,1-2H3/t20?,21?,22-,23?,24?,25-. The molecule has 0 bridgehead atoms. The first-order valence-electron chi connectivity index (χ1n) is 12.2. The van der Waals surface area contributed by atoms with Crippen LogP contribution in [-0.2, 0) is 4.74 Å². The van der Waals surface area contributed by atoms with Crippen molar-refractivity contribution >= 4 is 0 Å². The van der Waals surface area contributed by atoms with Gasteiger partial charge < -0.3 is 4.74 Å². The Morgan fingerprint density at radius 3 is 2.04 bits per heavy atom. The van der Waals surface area contributed by atoms with Crippen LogP contribution >= 0.6 is 0 Å². The highest BCUT2D eigenvalue weighted by atomic mass is 16.5. The molecule has 3 aliphatic rings. The van der Waals surface area contributed by atoms with Gasteiger partial charge in [0.05, 0.1) is 17.6 Å². The number of hydrogen-bond acceptors (Lipinski definition) is 2. The summed E-state index contributed by atoms with van der Waals surface area (Å²) in [4.78, 5) is 0. The van der Waals surface area contributed by atoms with Crippen LogP contribution < -0.4 is 0 Å². The summed E-state index contributed by atoms with van der Waals surface area (Å²) in [6.07, 6.45) is 19.9. The molecule has 27 heavy (non-hydrogen) atoms. The molecule has 0 spiro atoms. The molecule has 0 unspecified atom stereocenters. The molecule has 0 aromatic heterocycles. The molecule has 3 fully saturated rings. The van der Waals surface area contributed by atoms with Gasteiger partial charge in [-0.2, -0.15) is 5.26 Å². The zero-order chi connectivity index (χ0) is 19.1. The van der Waals surface area contributed by atoms with E-state index in [4.69, 9.17) is 4.74 Å². The molecule has 0 radical (unpaired) electrons. The first-order valence-corrected chi connectivity index (χ1v) is 12.2. The fourth-order valence-electron chi connectivity index (χ4n) is 6.48. The zero-order valence-corrected chi connectivity index (χ0v) is 18.1. The average Bonchev–Trinajstić information content (AvgIpc) is 2.74. The molecule has 2 nitrogen and oxygen atoms in total. The highest BCUT2D eigenvalue weighted by molar-refractivity contribution is 5.06. The summed E-state index contributed by atoms with van der Waals surface area (Å²) in [5, 5.41) is 10.1. The maximum absolute atomic E-state index is 10.1. The predicted molar refractivity (Wildman–Crippen MR) is 112 cm³/mol. The Morgan fingerprint density at radius 2 is 1.48 bits per heavy atom. The lowest BCUT2D eigenvalue weighted by Crippen LogP contribution is -2.38. The first kappa shape index (κ1) is 21.2. The van der Waals surface area contributed by atoms with E-state index in [1.165, 1.54) is 96.3 Å². The summed E-state index contributed by atoms with van der Waals surface area (Å²) in [7, 11) is 0. The maximum atomic E-state index is 10.1. The first-order chi connectivity index (χ1) is 13.2. The molecule has 3 aliphatic carbocycles. The highest BCUT2D eigenvalue weighted by Crippen LogP contribution is 2.52. The molecule has 0 aliphatic heterocycles. The molecule has 3 rings (SSSR count). The normalized spacial score (nSPS) is 40.4. The Bertz CT molecular complexity index is 457. The minimum atomic E-state index is -0.00842. The zero-order valence-electron chi connectivity index (χ0n) is 18.1. The molecular formula is C25H43NO. The van der Waals surface area contributed by atoms with Crippen LogP contribution in [0.1, 0.15) is 110 Å². The second kappa shape index (κ2) is 10.3. The largest absolute Gasteiger partial charge is 0.378 e. The van der Waals surface area contributed by atoms with E-state index in [1.807, 2.05) is 0 Å². The Morgan fingerprint density at radius 1 is 0.852 bits per heavy atom. The lowest BCUT2D eigenvalue weighted by Gasteiger charge is -2.45. The van der Waals surface area contributed by atoms with E-state index in [0.29, 0.717) is 12.0 Å². The van der Waals surface area contributed by atoms with Gasteiger partial charge in [-0.05, 0) is 94.3 Å². The van der Waals surface area contributed by atoms with Gasteiger partial charge in [-0.1, -0.05) is 39.5 Å². The van der Waals surface area contributed by atoms with E-state index in [2.05, 4.69) is 19.9 Å². The maximum Gasteiger partial charge on any atom is 0.0692 e. The minimum Gasteiger partial charge on any atom is -0.378 e. The molecule has 0 N–H and O–H groups in total. The van der Waals surface area contributed by atoms with Crippen LogP contribution in [0.4, 0.5) is 0 Å². The van der Waals surface area contributed by atoms with Crippen molar-refractivity contribution < 1.29 is 4.74 Å². The second-order valence-electron chi connectivity index (χ2n) is 9.99. The van der Waals surface area contributed by atoms with Crippen LogP contribution in [0.5, 0.6) is 0 Å². The monoisotopic (exact) mass is 373 g/mol. The van der Waals surface area contributed by atoms with Crippen LogP contribution in [0.25, 0.3) is 0 Å². The van der Waals surface area contributed by atoms with Crippen LogP contribution in [0.2, 0.25) is 0 Å². The Labute approximate surface area is 168 Å². The van der Waals surface area contributed by atoms with E-state index in [1.54, 1.807) is 0 Å². The third kappa shape index (κ3) is 5.29. The lowest BCUT2D eigenvalue weighted by atomic mass is 9.58. The van der Waals surface area contributed by atoms with Crippen molar-refractivity contribution in [3.05, 3.63) is 0 Å². The lowest BCUT2D eigenvalue weighted by molar-refractivity contribution is -0.00805. The van der Waals surface area contributed by atoms with Gasteiger partial charge in [0.2, 0.25) is 0 Å². The van der Waals surface area contributed by atoms with Crippen molar-refractivity contribution in [2.75, 3.05) is 6.61 Å². The van der Waals surface area contributed by atoms with Gasteiger partial charge in [0, 0.05) is 6.61 Å². The summed E-state index contributed by atoms with van der Waals surface area (Å²) in [6.45, 7) is 5.51. The fraction of sp³-hybridized carbons (Fsp3) is 0.960. The molecule has 0 aromatic carbocycles. The average molecular weight is 374 g/mol. The number of ether oxygens (including phenoxy) is 1. The molecule has 0 saturated heterocycles. The van der Waals surface area contributed by atoms with Gasteiger partial charge in [0.25, 0.3) is 0 Å². The second-order valence-corrected chi connectivity index (χ2v) is 9.99. The van der Waals surface area contributed by atoms with Crippen LogP contribution in [0.15, 0.2) is 0 Å². The number of hydrogen-bond donors (Lipinski definition) is 0. The molecular weight excluding hydrogens is 330 g/mol. The smallest absolute Gasteiger partial charge is 0.0692 e. The third-order valence-electron chi connectivity index (χ3n) is 8.59. The topological polar surface area (TPSA) is 33.0 Å². The fourth-order valence-corrected chi connectivity index (χ4v) is 6.48. The van der Waals surface area contributed by atoms with Crippen molar-refractivity contribution in [2.45, 2.75) is 116 Å². The third-order valence-corrected chi connectivity index (χ3v) is 8.59. The minimum absolute atomic E-state index is 0.00842. The Hall–Kier alpha value is -0.550. The van der Waals surface area contributed by atoms with Gasteiger partial charge >= 0.3 is 0 Å². The van der Waals surface area contributed by atoms with Crippen molar-refractivity contribution in [1.82, 2.24) is 0 Å². The van der Waals surface area contributed by atoms with Crippen molar-refractivity contribution in [2.24, 2.45) is 29.1 Å². The highest BCUT2D eigenvalue weighted by Gasteiger charge is 2.44. The van der Waals surface area contributed by atoms with Crippen LogP contribution in [-0.4, -0.2) is 12.7 Å². The Kier molecular flexibility index (Phi) is 8.07. The van der Waals surface area contributed by atoms with Crippen molar-refractivity contribution in [3.63, 3.8) is 0 Å². The molecule has 3 saturated carbocycles. The van der Waals surface area contributed by atoms with E-state index in [-0.39, 0.29) is 5.41 Å². The SMILES string of the molecule is CCCCOC1CCC([C@]2(C#N)CC[C@@H](C3CCC(CC)CC3)CC2)CC1. The quantitative estimate of drug-likeness (QED) is 0.439. The van der Waals surface area contributed by atoms with Gasteiger partial charge in [-0.3, -0.25) is 0 Å². The molecule has 0 atom stereocenters. The number of unbranched alkanes of at least 4 members (excludes halogenated alkanes) is 1. The van der Waals surface area contributed by atoms with Crippen LogP contribution in [0.3, 0.4) is 0 Å². The summed E-state index contributed by atoms with van der Waals surface area (Å²) >= 11 is 0. The van der Waals surface area contributed by atoms with Gasteiger partial charge in [-0.15, -0.1) is 0 Å². The summed E-state index contributed by atoms with van der Waals surface area (Å²) in [5.74, 6) is 3.51. The summed E-state index contributed by atoms with van der Waals surface area (Å²) < 4.78 is 6.06. The number of nitriles is 1. The molecule has 0 aromatic rings. The number of nitrogens with zero attached hydrogens (tertiary/aromatic N) is 1. The van der Waals surface area contributed by atoms with E-state index in [9.17, 15) is 5.26 Å². The van der Waals surface area contributed by atoms with Crippen molar-refractivity contribution in [1.29, 1.82) is 5.26 Å². The van der Waals surface area contributed by atoms with E-state index < -0.39 is 0 Å². The van der Waals surface area contributed by atoms with Crippen LogP contribution in [0, 0.1) is 40.4 Å². The molecule has 0 amide bonds.